The van der Waals surface area contributed by atoms with Gasteiger partial charge in [0.2, 0.25) is 0 Å². The van der Waals surface area contributed by atoms with Crippen LogP contribution in [0, 0.1) is 5.92 Å². The van der Waals surface area contributed by atoms with Crippen molar-refractivity contribution < 1.29 is 19.1 Å². The Labute approximate surface area is 192 Å². The molecule has 1 aromatic heterocycles. The second-order valence-electron chi connectivity index (χ2n) is 8.33. The monoisotopic (exact) mass is 457 g/mol. The first-order valence-corrected chi connectivity index (χ1v) is 11.2. The van der Waals surface area contributed by atoms with E-state index in [1.54, 1.807) is 19.2 Å². The number of hydrogen-bond donors (Lipinski definition) is 2. The van der Waals surface area contributed by atoms with E-state index in [-0.39, 0.29) is 24.0 Å². The van der Waals surface area contributed by atoms with Crippen LogP contribution in [-0.2, 0) is 6.54 Å². The van der Waals surface area contributed by atoms with Crippen molar-refractivity contribution in [2.24, 2.45) is 5.92 Å². The number of ether oxygens (including phenoxy) is 1. The largest absolute Gasteiger partial charge is 0.493 e. The van der Waals surface area contributed by atoms with Gasteiger partial charge in [0.25, 0.3) is 11.9 Å². The maximum atomic E-state index is 13.4. The summed E-state index contributed by atoms with van der Waals surface area (Å²) in [5, 5.41) is 14.0. The number of piperidine rings is 1. The molecule has 170 valence electrons. The molecular weight excluding hydrogens is 430 g/mol. The first-order chi connectivity index (χ1) is 15.4. The van der Waals surface area contributed by atoms with E-state index in [1.165, 1.54) is 0 Å². The highest BCUT2D eigenvalue weighted by molar-refractivity contribution is 6.30. The Hall–Kier alpha value is -2.77. The average molecular weight is 458 g/mol. The summed E-state index contributed by atoms with van der Waals surface area (Å²) in [5.74, 6) is 0.390. The molecule has 2 N–H and O–H groups in total. The number of nitrogens with one attached hydrogen (secondary N) is 1. The van der Waals surface area contributed by atoms with Crippen LogP contribution in [0.3, 0.4) is 0 Å². The quantitative estimate of drug-likeness (QED) is 0.556. The normalized spacial score (nSPS) is 21.0. The van der Waals surface area contributed by atoms with Crippen molar-refractivity contribution in [2.45, 2.75) is 45.4 Å². The minimum atomic E-state index is -0.385. The summed E-state index contributed by atoms with van der Waals surface area (Å²) < 4.78 is 11.4. The number of rotatable bonds is 6. The number of aromatic nitrogens is 1. The van der Waals surface area contributed by atoms with E-state index in [0.29, 0.717) is 53.0 Å². The van der Waals surface area contributed by atoms with Crippen molar-refractivity contribution in [1.29, 1.82) is 0 Å². The van der Waals surface area contributed by atoms with Gasteiger partial charge in [-0.05, 0) is 48.6 Å². The van der Waals surface area contributed by atoms with E-state index in [9.17, 15) is 9.90 Å². The molecular formula is C24H28ClN3O4. The summed E-state index contributed by atoms with van der Waals surface area (Å²) in [4.78, 5) is 19.8. The smallest absolute Gasteiger partial charge is 0.296 e. The molecule has 3 atom stereocenters. The topological polar surface area (TPSA) is 87.8 Å². The lowest BCUT2D eigenvalue weighted by Crippen LogP contribution is -2.51. The van der Waals surface area contributed by atoms with Crippen LogP contribution >= 0.6 is 11.6 Å². The number of fused-ring (bicyclic) bond motifs is 1. The second kappa shape index (κ2) is 9.38. The Balaban J connectivity index is 1.59. The SMILES string of the molecule is CCC1CC(O)C(C)CN1C(=O)c1cc(OC)c2oc(NCc3cccc(Cl)c3)nc2c1. The molecule has 0 bridgehead atoms. The van der Waals surface area contributed by atoms with Gasteiger partial charge in [-0.25, -0.2) is 0 Å². The highest BCUT2D eigenvalue weighted by Crippen LogP contribution is 2.32. The lowest BCUT2D eigenvalue weighted by Gasteiger charge is -2.41. The number of halogens is 1. The van der Waals surface area contributed by atoms with Gasteiger partial charge in [0.05, 0.1) is 13.2 Å². The molecule has 0 radical (unpaired) electrons. The molecule has 1 amide bonds. The first-order valence-electron chi connectivity index (χ1n) is 10.9. The van der Waals surface area contributed by atoms with Crippen LogP contribution in [0.1, 0.15) is 42.6 Å². The third kappa shape index (κ3) is 4.54. The summed E-state index contributed by atoms with van der Waals surface area (Å²) >= 11 is 6.05. The fourth-order valence-corrected chi connectivity index (χ4v) is 4.41. The highest BCUT2D eigenvalue weighted by atomic mass is 35.5. The molecule has 1 fully saturated rings. The molecule has 2 aromatic carbocycles. The van der Waals surface area contributed by atoms with Gasteiger partial charge >= 0.3 is 0 Å². The Kier molecular flexibility index (Phi) is 6.58. The van der Waals surface area contributed by atoms with Crippen LogP contribution in [0.2, 0.25) is 5.02 Å². The molecule has 8 heteroatoms. The molecule has 0 saturated carbocycles. The lowest BCUT2D eigenvalue weighted by molar-refractivity contribution is 0.00300. The summed E-state index contributed by atoms with van der Waals surface area (Å²) in [5.41, 5.74) is 2.51. The van der Waals surface area contributed by atoms with Gasteiger partial charge in [0.15, 0.2) is 11.3 Å². The Bertz CT molecular complexity index is 1120. The van der Waals surface area contributed by atoms with Crippen LogP contribution < -0.4 is 10.1 Å². The number of nitrogens with zero attached hydrogens (tertiary/aromatic N) is 2. The number of aliphatic hydroxyl groups excluding tert-OH is 1. The molecule has 3 aromatic rings. The Morgan fingerprint density at radius 2 is 2.19 bits per heavy atom. The zero-order valence-electron chi connectivity index (χ0n) is 18.5. The predicted molar refractivity (Wildman–Crippen MR) is 124 cm³/mol. The molecule has 4 rings (SSSR count). The lowest BCUT2D eigenvalue weighted by atomic mass is 9.89. The standard InChI is InChI=1S/C24H28ClN3O4/c1-4-18-11-20(29)14(2)13-28(18)23(30)16-9-19-22(21(10-16)31-3)32-24(27-19)26-12-15-6-5-7-17(25)8-15/h5-10,14,18,20,29H,4,11-13H2,1-3H3,(H,26,27). The first kappa shape index (κ1) is 22.4. The molecule has 7 nitrogen and oxygen atoms in total. The van der Waals surface area contributed by atoms with E-state index in [2.05, 4.69) is 10.3 Å². The van der Waals surface area contributed by atoms with E-state index in [0.717, 1.165) is 12.0 Å². The van der Waals surface area contributed by atoms with Gasteiger partial charge in [-0.15, -0.1) is 0 Å². The molecule has 1 saturated heterocycles. The molecule has 1 aliphatic rings. The van der Waals surface area contributed by atoms with Crippen LogP contribution in [0.25, 0.3) is 11.1 Å². The minimum Gasteiger partial charge on any atom is -0.493 e. The fraction of sp³-hybridized carbons (Fsp3) is 0.417. The second-order valence-corrected chi connectivity index (χ2v) is 8.77. The number of hydrogen-bond acceptors (Lipinski definition) is 6. The molecule has 0 spiro atoms. The summed E-state index contributed by atoms with van der Waals surface area (Å²) in [6.07, 6.45) is 0.991. The molecule has 3 unspecified atom stereocenters. The number of oxazole rings is 1. The van der Waals surface area contributed by atoms with Gasteiger partial charge in [-0.1, -0.05) is 37.6 Å². The van der Waals surface area contributed by atoms with Crippen LogP contribution in [0.4, 0.5) is 6.01 Å². The van der Waals surface area contributed by atoms with E-state index in [1.807, 2.05) is 43.0 Å². The van der Waals surface area contributed by atoms with E-state index < -0.39 is 0 Å². The number of methoxy groups -OCH3 is 1. The van der Waals surface area contributed by atoms with Crippen molar-refractivity contribution in [2.75, 3.05) is 19.0 Å². The highest BCUT2D eigenvalue weighted by Gasteiger charge is 2.34. The molecule has 32 heavy (non-hydrogen) atoms. The number of carbonyl (C=O) groups excluding carboxylic acids is 1. The van der Waals surface area contributed by atoms with Crippen LogP contribution in [-0.4, -0.2) is 46.7 Å². The molecule has 2 heterocycles. The van der Waals surface area contributed by atoms with Gasteiger partial charge in [0, 0.05) is 29.7 Å². The van der Waals surface area contributed by atoms with Crippen molar-refractivity contribution in [1.82, 2.24) is 9.88 Å². The Morgan fingerprint density at radius 3 is 2.91 bits per heavy atom. The zero-order chi connectivity index (χ0) is 22.8. The third-order valence-electron chi connectivity index (χ3n) is 6.08. The van der Waals surface area contributed by atoms with Crippen LogP contribution in [0.15, 0.2) is 40.8 Å². The number of carbonyl (C=O) groups is 1. The maximum Gasteiger partial charge on any atom is 0.296 e. The maximum absolute atomic E-state index is 13.4. The minimum absolute atomic E-state index is 0.00243. The predicted octanol–water partition coefficient (Wildman–Crippen LogP) is 4.72. The van der Waals surface area contributed by atoms with Crippen molar-refractivity contribution >= 4 is 34.6 Å². The number of aliphatic hydroxyl groups is 1. The summed E-state index contributed by atoms with van der Waals surface area (Å²) in [6, 6.07) is 11.3. The van der Waals surface area contributed by atoms with Gasteiger partial charge in [-0.3, -0.25) is 4.79 Å². The van der Waals surface area contributed by atoms with Crippen molar-refractivity contribution in [3.63, 3.8) is 0 Å². The van der Waals surface area contributed by atoms with Crippen LogP contribution in [0.5, 0.6) is 5.75 Å². The zero-order valence-corrected chi connectivity index (χ0v) is 19.2. The number of amides is 1. The summed E-state index contributed by atoms with van der Waals surface area (Å²) in [6.45, 7) is 5.01. The van der Waals surface area contributed by atoms with E-state index >= 15 is 0 Å². The van der Waals surface area contributed by atoms with Gasteiger partial charge in [-0.2, -0.15) is 4.98 Å². The number of anilines is 1. The number of benzene rings is 2. The molecule has 1 aliphatic heterocycles. The Morgan fingerprint density at radius 1 is 1.38 bits per heavy atom. The van der Waals surface area contributed by atoms with Gasteiger partial charge < -0.3 is 24.5 Å². The fourth-order valence-electron chi connectivity index (χ4n) is 4.20. The van der Waals surface area contributed by atoms with Crippen molar-refractivity contribution in [3.05, 3.63) is 52.5 Å². The van der Waals surface area contributed by atoms with E-state index in [4.69, 9.17) is 20.8 Å². The molecule has 0 aliphatic carbocycles. The van der Waals surface area contributed by atoms with Crippen molar-refractivity contribution in [3.8, 4) is 5.75 Å². The number of likely N-dealkylation sites (tertiary alicyclic amines) is 1. The van der Waals surface area contributed by atoms with Gasteiger partial charge in [0.1, 0.15) is 5.52 Å². The third-order valence-corrected chi connectivity index (χ3v) is 6.32. The average Bonchev–Trinajstić information content (AvgIpc) is 3.21. The summed E-state index contributed by atoms with van der Waals surface area (Å²) in [7, 11) is 1.54.